The zero-order valence-corrected chi connectivity index (χ0v) is 26.7. The first kappa shape index (κ1) is 32.8. The van der Waals surface area contributed by atoms with E-state index in [-0.39, 0.29) is 17.1 Å². The largest absolute Gasteiger partial charge is 0.497 e. The fourth-order valence-corrected chi connectivity index (χ4v) is 6.10. The first-order valence-electron chi connectivity index (χ1n) is 15.3. The van der Waals surface area contributed by atoms with Gasteiger partial charge in [-0.2, -0.15) is 4.98 Å². The summed E-state index contributed by atoms with van der Waals surface area (Å²) in [4.78, 5) is 37.1. The number of aliphatic hydroxyl groups excluding tert-OH is 1. The number of nitrogens with two attached hydrogens (primary N) is 1. The summed E-state index contributed by atoms with van der Waals surface area (Å²) in [6.45, 7) is 3.38. The van der Waals surface area contributed by atoms with Crippen LogP contribution in [0, 0.1) is 5.92 Å². The van der Waals surface area contributed by atoms with Gasteiger partial charge in [0.2, 0.25) is 5.95 Å². The van der Waals surface area contributed by atoms with E-state index in [2.05, 4.69) is 15.0 Å². The standard InChI is InChI=1S/C35H36FN5O7/c1-19(2)27(42)30(29-28(43)25(36)33(47-29)41-18-38-26-31(41)39-34(37)40-32(26)44)48-35(20-8-6-5-7-9-20,21-10-14-23(45-3)15-11-21)22-12-16-24(46-4)17-13-22/h5-19,25,28-30,33,43H,1-4H3,(H3,37,39,40,44)/t25-,28+,29+,30?,33-/m1/s1. The number of imidazole rings is 1. The zero-order valence-electron chi connectivity index (χ0n) is 26.7. The summed E-state index contributed by atoms with van der Waals surface area (Å²) in [6, 6.07) is 23.7. The Morgan fingerprint density at radius 2 is 1.54 bits per heavy atom. The lowest BCUT2D eigenvalue weighted by Gasteiger charge is -2.40. The molecule has 5 atom stereocenters. The second kappa shape index (κ2) is 13.2. The highest BCUT2D eigenvalue weighted by molar-refractivity contribution is 5.86. The number of benzene rings is 3. The molecule has 1 aliphatic heterocycles. The Hall–Kier alpha value is -5.11. The number of aliphatic hydroxyl groups is 1. The van der Waals surface area contributed by atoms with Gasteiger partial charge in [0.25, 0.3) is 5.56 Å². The molecule has 0 amide bonds. The van der Waals surface area contributed by atoms with E-state index in [0.717, 1.165) is 0 Å². The molecule has 12 nitrogen and oxygen atoms in total. The monoisotopic (exact) mass is 657 g/mol. The number of fused-ring (bicyclic) bond motifs is 1. The molecule has 1 unspecified atom stereocenters. The van der Waals surface area contributed by atoms with Crippen LogP contribution >= 0.6 is 0 Å². The zero-order chi connectivity index (χ0) is 34.2. The molecule has 0 bridgehead atoms. The Morgan fingerprint density at radius 3 is 2.08 bits per heavy atom. The quantitative estimate of drug-likeness (QED) is 0.178. The molecule has 13 heteroatoms. The van der Waals surface area contributed by atoms with Crippen molar-refractivity contribution in [2.45, 2.75) is 50.2 Å². The minimum atomic E-state index is -2.06. The number of H-pyrrole nitrogens is 1. The van der Waals surface area contributed by atoms with Crippen molar-refractivity contribution in [3.63, 3.8) is 0 Å². The van der Waals surface area contributed by atoms with Gasteiger partial charge >= 0.3 is 0 Å². The molecule has 250 valence electrons. The summed E-state index contributed by atoms with van der Waals surface area (Å²) < 4.78 is 41.4. The van der Waals surface area contributed by atoms with Crippen LogP contribution < -0.4 is 20.8 Å². The summed E-state index contributed by atoms with van der Waals surface area (Å²) in [6.07, 6.45) is -7.20. The van der Waals surface area contributed by atoms with Gasteiger partial charge in [-0.05, 0) is 41.0 Å². The summed E-state index contributed by atoms with van der Waals surface area (Å²) in [7, 11) is 3.12. The van der Waals surface area contributed by atoms with Crippen LogP contribution in [0.25, 0.3) is 11.2 Å². The van der Waals surface area contributed by atoms with Crippen molar-refractivity contribution in [3.8, 4) is 11.5 Å². The molecular formula is C35H36FN5O7. The number of hydrogen-bond donors (Lipinski definition) is 3. The van der Waals surface area contributed by atoms with E-state index in [1.165, 1.54) is 10.9 Å². The average molecular weight is 658 g/mol. The highest BCUT2D eigenvalue weighted by atomic mass is 19.1. The number of nitrogen functional groups attached to an aromatic ring is 1. The number of carbonyl (C=O) groups excluding carboxylic acids is 1. The third-order valence-corrected chi connectivity index (χ3v) is 8.58. The number of ketones is 1. The van der Waals surface area contributed by atoms with Crippen molar-refractivity contribution in [1.29, 1.82) is 0 Å². The van der Waals surface area contributed by atoms with Gasteiger partial charge in [-0.15, -0.1) is 0 Å². The predicted molar refractivity (Wildman–Crippen MR) is 174 cm³/mol. The number of methoxy groups -OCH3 is 2. The van der Waals surface area contributed by atoms with Gasteiger partial charge in [-0.1, -0.05) is 68.4 Å². The van der Waals surface area contributed by atoms with Crippen LogP contribution in [0.2, 0.25) is 0 Å². The Balaban J connectivity index is 1.52. The molecule has 0 radical (unpaired) electrons. The van der Waals surface area contributed by atoms with Crippen LogP contribution in [0.4, 0.5) is 10.3 Å². The Labute approximate surface area is 275 Å². The number of carbonyl (C=O) groups is 1. The average Bonchev–Trinajstić information content (AvgIpc) is 3.65. The van der Waals surface area contributed by atoms with E-state index in [1.807, 2.05) is 54.6 Å². The minimum absolute atomic E-state index is 0.0421. The van der Waals surface area contributed by atoms with Gasteiger partial charge in [0.15, 0.2) is 29.3 Å². The van der Waals surface area contributed by atoms with Crippen LogP contribution in [0.5, 0.6) is 11.5 Å². The number of nitrogens with zero attached hydrogens (tertiary/aromatic N) is 3. The van der Waals surface area contributed by atoms with Crippen LogP contribution in [0.3, 0.4) is 0 Å². The molecule has 3 aromatic carbocycles. The van der Waals surface area contributed by atoms with Crippen molar-refractivity contribution < 1.29 is 33.2 Å². The summed E-state index contributed by atoms with van der Waals surface area (Å²) in [5, 5.41) is 11.4. The van der Waals surface area contributed by atoms with Crippen molar-refractivity contribution in [3.05, 3.63) is 112 Å². The first-order valence-corrected chi connectivity index (χ1v) is 15.3. The molecule has 3 heterocycles. The van der Waals surface area contributed by atoms with Gasteiger partial charge in [0.1, 0.15) is 35.4 Å². The smallest absolute Gasteiger partial charge is 0.280 e. The van der Waals surface area contributed by atoms with E-state index >= 15 is 4.39 Å². The molecular weight excluding hydrogens is 621 g/mol. The fourth-order valence-electron chi connectivity index (χ4n) is 6.10. The second-order valence-corrected chi connectivity index (χ2v) is 11.8. The van der Waals surface area contributed by atoms with Gasteiger partial charge < -0.3 is 29.8 Å². The molecule has 2 aromatic heterocycles. The molecule has 1 aliphatic rings. The van der Waals surface area contributed by atoms with Crippen molar-refractivity contribution in [2.75, 3.05) is 20.0 Å². The number of aromatic amines is 1. The lowest BCUT2D eigenvalue weighted by Crippen LogP contribution is -2.50. The maximum atomic E-state index is 16.2. The minimum Gasteiger partial charge on any atom is -0.497 e. The summed E-state index contributed by atoms with van der Waals surface area (Å²) >= 11 is 0. The van der Waals surface area contributed by atoms with Gasteiger partial charge in [0, 0.05) is 5.92 Å². The highest BCUT2D eigenvalue weighted by Crippen LogP contribution is 2.45. The Morgan fingerprint density at radius 1 is 0.979 bits per heavy atom. The lowest BCUT2D eigenvalue weighted by atomic mass is 9.79. The fraction of sp³-hybridized carbons (Fsp3) is 0.314. The van der Waals surface area contributed by atoms with Crippen molar-refractivity contribution in [1.82, 2.24) is 19.5 Å². The molecule has 0 aliphatic carbocycles. The van der Waals surface area contributed by atoms with E-state index in [9.17, 15) is 14.7 Å². The molecule has 0 saturated carbocycles. The number of anilines is 1. The van der Waals surface area contributed by atoms with Crippen LogP contribution in [-0.2, 0) is 19.9 Å². The summed E-state index contributed by atoms with van der Waals surface area (Å²) in [5.41, 5.74) is 5.44. The van der Waals surface area contributed by atoms with E-state index in [1.54, 1.807) is 52.3 Å². The number of halogens is 1. The Bertz CT molecular complexity index is 1900. The van der Waals surface area contributed by atoms with Gasteiger partial charge in [-0.25, -0.2) is 9.37 Å². The third-order valence-electron chi connectivity index (χ3n) is 8.58. The molecule has 1 saturated heterocycles. The van der Waals surface area contributed by atoms with Gasteiger partial charge in [0.05, 0.1) is 20.5 Å². The third kappa shape index (κ3) is 5.69. The molecule has 6 rings (SSSR count). The molecule has 48 heavy (non-hydrogen) atoms. The maximum Gasteiger partial charge on any atom is 0.280 e. The van der Waals surface area contributed by atoms with E-state index < -0.39 is 53.6 Å². The maximum absolute atomic E-state index is 16.2. The van der Waals surface area contributed by atoms with Crippen molar-refractivity contribution in [2.24, 2.45) is 5.92 Å². The number of aromatic nitrogens is 4. The topological polar surface area (TPSA) is 164 Å². The van der Waals surface area contributed by atoms with Crippen molar-refractivity contribution >= 4 is 22.9 Å². The number of nitrogens with one attached hydrogen (secondary N) is 1. The first-order chi connectivity index (χ1) is 23.1. The molecule has 1 fully saturated rings. The van der Waals surface area contributed by atoms with E-state index in [4.69, 9.17) is 24.7 Å². The normalized spacial score (nSPS) is 20.2. The van der Waals surface area contributed by atoms with Crippen LogP contribution in [0.1, 0.15) is 36.8 Å². The number of hydrogen-bond acceptors (Lipinski definition) is 10. The number of rotatable bonds is 11. The number of ether oxygens (including phenoxy) is 4. The van der Waals surface area contributed by atoms with Crippen LogP contribution in [0.15, 0.2) is 90.0 Å². The lowest BCUT2D eigenvalue weighted by molar-refractivity contribution is -0.168. The van der Waals surface area contributed by atoms with Crippen LogP contribution in [-0.4, -0.2) is 69.1 Å². The highest BCUT2D eigenvalue weighted by Gasteiger charge is 2.54. The molecule has 5 aromatic rings. The SMILES string of the molecule is COc1ccc(C(OC(C(=O)C(C)C)[C@H]2O[C@@H](n3cnc4c(=O)[nH]c(N)nc43)[C@H](F)[C@@H]2O)(c2ccccc2)c2ccc(OC)cc2)cc1. The summed E-state index contributed by atoms with van der Waals surface area (Å²) in [5.74, 6) is -0.0320. The van der Waals surface area contributed by atoms with E-state index in [0.29, 0.717) is 28.2 Å². The second-order valence-electron chi connectivity index (χ2n) is 11.8. The molecule has 4 N–H and O–H groups in total. The predicted octanol–water partition coefficient (Wildman–Crippen LogP) is 3.92. The Kier molecular flexibility index (Phi) is 9.01. The van der Waals surface area contributed by atoms with Gasteiger partial charge in [-0.3, -0.25) is 19.1 Å². The molecule has 0 spiro atoms. The number of alkyl halides is 1. The number of Topliss-reactive ketones (excluding diaryl/α,β-unsaturated/α-hetero) is 1.